The highest BCUT2D eigenvalue weighted by atomic mass is 35.5. The first-order chi connectivity index (χ1) is 16.8. The van der Waals surface area contributed by atoms with E-state index in [4.69, 9.17) is 27.4 Å². The van der Waals surface area contributed by atoms with Crippen molar-refractivity contribution < 1.29 is 30.6 Å². The fourth-order valence-corrected chi connectivity index (χ4v) is 5.74. The fraction of sp³-hybridized carbons (Fsp3) is 0.217. The molecule has 1 unspecified atom stereocenters. The second-order valence-corrected chi connectivity index (χ2v) is 10.4. The van der Waals surface area contributed by atoms with Gasteiger partial charge in [0.15, 0.2) is 0 Å². The van der Waals surface area contributed by atoms with Crippen LogP contribution >= 0.6 is 23.2 Å². The van der Waals surface area contributed by atoms with Gasteiger partial charge in [-0.05, 0) is 66.6 Å². The smallest absolute Gasteiger partial charge is 0.346 e. The van der Waals surface area contributed by atoms with Crippen molar-refractivity contribution in [2.75, 3.05) is 10.8 Å². The van der Waals surface area contributed by atoms with E-state index in [0.29, 0.717) is 15.6 Å². The molecule has 1 aromatic heterocycles. The average molecular weight is 560 g/mol. The molecule has 0 aliphatic carbocycles. The molecule has 1 atom stereocenters. The average Bonchev–Trinajstić information content (AvgIpc) is 3.10. The Labute approximate surface area is 215 Å². The van der Waals surface area contributed by atoms with Crippen LogP contribution in [0.4, 0.5) is 18.9 Å². The second kappa shape index (κ2) is 9.55. The van der Waals surface area contributed by atoms with Gasteiger partial charge in [-0.25, -0.2) is 8.49 Å². The van der Waals surface area contributed by atoms with Crippen molar-refractivity contribution in [3.05, 3.63) is 93.2 Å². The normalized spacial score (nSPS) is 19.3. The van der Waals surface area contributed by atoms with E-state index in [9.17, 15) is 26.4 Å². The lowest BCUT2D eigenvalue weighted by atomic mass is 9.92. The Hall–Kier alpha value is -2.86. The predicted molar refractivity (Wildman–Crippen MR) is 128 cm³/mol. The highest BCUT2D eigenvalue weighted by Crippen LogP contribution is 2.50. The number of anilines is 1. The van der Waals surface area contributed by atoms with Gasteiger partial charge in [-0.15, -0.1) is 0 Å². The van der Waals surface area contributed by atoms with E-state index in [2.05, 4.69) is 10.3 Å². The zero-order valence-corrected chi connectivity index (χ0v) is 20.8. The molecule has 2 aromatic carbocycles. The molecule has 1 fully saturated rings. The summed E-state index contributed by atoms with van der Waals surface area (Å²) in [6, 6.07) is 12.2. The summed E-state index contributed by atoms with van der Waals surface area (Å²) < 4.78 is 73.8. The third-order valence-corrected chi connectivity index (χ3v) is 7.38. The number of aromatic nitrogens is 1. The Morgan fingerprint density at radius 3 is 2.42 bits per heavy atom. The summed E-state index contributed by atoms with van der Waals surface area (Å²) in [5, 5.41) is 2.47. The minimum atomic E-state index is -5.14. The Morgan fingerprint density at radius 2 is 1.83 bits per heavy atom. The van der Waals surface area contributed by atoms with Gasteiger partial charge in [0.2, 0.25) is 5.60 Å². The number of aryl methyl sites for hydroxylation is 1. The number of pyridine rings is 1. The van der Waals surface area contributed by atoms with Crippen molar-refractivity contribution in [2.45, 2.75) is 25.2 Å². The van der Waals surface area contributed by atoms with Gasteiger partial charge in [-0.3, -0.25) is 9.78 Å². The molecule has 0 bridgehead atoms. The molecule has 1 aliphatic rings. The van der Waals surface area contributed by atoms with Crippen molar-refractivity contribution >= 4 is 45.1 Å². The van der Waals surface area contributed by atoms with E-state index in [0.717, 1.165) is 12.1 Å². The number of hydrogen-bond donors (Lipinski definition) is 1. The molecule has 190 valence electrons. The minimum absolute atomic E-state index is 0.104. The number of carbonyl (C=O) groups excluding carboxylic acids is 1. The summed E-state index contributed by atoms with van der Waals surface area (Å²) in [4.78, 5) is 16.7. The molecule has 0 spiro atoms. The maximum atomic E-state index is 14.3. The van der Waals surface area contributed by atoms with Crippen LogP contribution in [0, 0.1) is 6.92 Å². The molecule has 1 amide bonds. The van der Waals surface area contributed by atoms with Crippen LogP contribution in [0.25, 0.3) is 0 Å². The quantitative estimate of drug-likeness (QED) is 0.466. The van der Waals surface area contributed by atoms with Crippen molar-refractivity contribution in [1.29, 1.82) is 0 Å². The van der Waals surface area contributed by atoms with Gasteiger partial charge < -0.3 is 5.32 Å². The Bertz CT molecular complexity index is 1400. The van der Waals surface area contributed by atoms with Gasteiger partial charge in [0.05, 0.1) is 24.5 Å². The van der Waals surface area contributed by atoms with Crippen LogP contribution in [0.15, 0.2) is 60.8 Å². The summed E-state index contributed by atoms with van der Waals surface area (Å²) in [7, 11) is -4.88. The third kappa shape index (κ3) is 5.01. The van der Waals surface area contributed by atoms with E-state index in [1.165, 1.54) is 31.2 Å². The number of nitrogens with zero attached hydrogens (tertiary/aromatic N) is 2. The van der Waals surface area contributed by atoms with Crippen LogP contribution in [0.3, 0.4) is 0 Å². The molecule has 1 aliphatic heterocycles. The standard InChI is InChI=1S/C23H18Cl2F3N3O4S/c1-14-8-19(5-6-20(14)21(32)30-12-18-4-2-3-7-29-18)31-13-22(23(26,27)28,35-36(31,33)34)15-9-16(24)11-17(25)10-15/h2-11H,12-13H2,1H3,(H,30,32). The Morgan fingerprint density at radius 1 is 1.14 bits per heavy atom. The molecule has 0 radical (unpaired) electrons. The van der Waals surface area contributed by atoms with E-state index >= 15 is 0 Å². The fourth-order valence-electron chi connectivity index (χ4n) is 3.81. The molecule has 1 saturated heterocycles. The third-order valence-electron chi connectivity index (χ3n) is 5.57. The molecular formula is C23H18Cl2F3N3O4S. The van der Waals surface area contributed by atoms with E-state index < -0.39 is 40.1 Å². The zero-order valence-electron chi connectivity index (χ0n) is 18.5. The van der Waals surface area contributed by atoms with Gasteiger partial charge in [-0.1, -0.05) is 29.3 Å². The van der Waals surface area contributed by atoms with Crippen LogP contribution in [0.5, 0.6) is 0 Å². The predicted octanol–water partition coefficient (Wildman–Crippen LogP) is 5.17. The van der Waals surface area contributed by atoms with E-state index in [-0.39, 0.29) is 27.8 Å². The highest BCUT2D eigenvalue weighted by molar-refractivity contribution is 7.88. The monoisotopic (exact) mass is 559 g/mol. The topological polar surface area (TPSA) is 88.6 Å². The molecule has 1 N–H and O–H groups in total. The lowest BCUT2D eigenvalue weighted by Crippen LogP contribution is -2.46. The largest absolute Gasteiger partial charge is 0.425 e. The summed E-state index contributed by atoms with van der Waals surface area (Å²) in [5.74, 6) is -0.455. The number of amides is 1. The van der Waals surface area contributed by atoms with Gasteiger partial charge in [0, 0.05) is 21.8 Å². The zero-order chi connectivity index (χ0) is 26.3. The molecule has 4 rings (SSSR count). The van der Waals surface area contributed by atoms with Crippen LogP contribution in [-0.4, -0.2) is 32.0 Å². The number of nitrogens with one attached hydrogen (secondary N) is 1. The van der Waals surface area contributed by atoms with Crippen LogP contribution in [0.1, 0.15) is 27.2 Å². The summed E-state index contributed by atoms with van der Waals surface area (Å²) in [6.45, 7) is 0.585. The SMILES string of the molecule is Cc1cc(N2CC(c3cc(Cl)cc(Cl)c3)(C(F)(F)F)OS2(=O)=O)ccc1C(=O)NCc1ccccn1. The first-order valence-corrected chi connectivity index (χ1v) is 12.5. The molecule has 36 heavy (non-hydrogen) atoms. The second-order valence-electron chi connectivity index (χ2n) is 8.03. The number of hydrogen-bond acceptors (Lipinski definition) is 5. The lowest BCUT2D eigenvalue weighted by Gasteiger charge is -2.29. The first-order valence-electron chi connectivity index (χ1n) is 10.4. The molecule has 7 nitrogen and oxygen atoms in total. The summed E-state index contributed by atoms with van der Waals surface area (Å²) in [6.07, 6.45) is -3.55. The number of alkyl halides is 3. The van der Waals surface area contributed by atoms with Crippen molar-refractivity contribution in [2.24, 2.45) is 0 Å². The summed E-state index contributed by atoms with van der Waals surface area (Å²) >= 11 is 11.8. The first kappa shape index (κ1) is 26.2. The highest BCUT2D eigenvalue weighted by Gasteiger charge is 2.66. The van der Waals surface area contributed by atoms with Gasteiger partial charge in [-0.2, -0.15) is 21.6 Å². The number of carbonyl (C=O) groups is 1. The van der Waals surface area contributed by atoms with Gasteiger partial charge in [0.1, 0.15) is 0 Å². The van der Waals surface area contributed by atoms with E-state index in [1.54, 1.807) is 24.4 Å². The van der Waals surface area contributed by atoms with E-state index in [1.807, 2.05) is 0 Å². The lowest BCUT2D eigenvalue weighted by molar-refractivity contribution is -0.243. The van der Waals surface area contributed by atoms with Gasteiger partial charge in [0.25, 0.3) is 5.91 Å². The molecule has 0 saturated carbocycles. The number of benzene rings is 2. The van der Waals surface area contributed by atoms with Gasteiger partial charge >= 0.3 is 16.5 Å². The molecule has 2 heterocycles. The van der Waals surface area contributed by atoms with Crippen LogP contribution in [-0.2, 0) is 26.6 Å². The Kier molecular flexibility index (Phi) is 6.95. The van der Waals surface area contributed by atoms with Crippen molar-refractivity contribution in [3.8, 4) is 0 Å². The maximum absolute atomic E-state index is 14.3. The molecule has 3 aromatic rings. The van der Waals surface area contributed by atoms with Crippen LogP contribution in [0.2, 0.25) is 10.0 Å². The molecular weight excluding hydrogens is 542 g/mol. The van der Waals surface area contributed by atoms with Crippen molar-refractivity contribution in [1.82, 2.24) is 10.3 Å². The minimum Gasteiger partial charge on any atom is -0.346 e. The van der Waals surface area contributed by atoms with Crippen LogP contribution < -0.4 is 9.62 Å². The summed E-state index contributed by atoms with van der Waals surface area (Å²) in [5.41, 5.74) is -2.71. The maximum Gasteiger partial charge on any atom is 0.425 e. The van der Waals surface area contributed by atoms with Crippen molar-refractivity contribution in [3.63, 3.8) is 0 Å². The molecule has 13 heteroatoms. The number of rotatable bonds is 5. The number of halogens is 5. The Balaban J connectivity index is 1.65.